The summed E-state index contributed by atoms with van der Waals surface area (Å²) in [4.78, 5) is 20.4. The Morgan fingerprint density at radius 2 is 2.07 bits per heavy atom. The number of hydrogen-bond acceptors (Lipinski definition) is 5. The first-order valence-electron chi connectivity index (χ1n) is 9.28. The number of hydrogen-bond donors (Lipinski definition) is 4. The lowest BCUT2D eigenvalue weighted by Crippen LogP contribution is -2.12. The molecule has 0 aliphatic rings. The van der Waals surface area contributed by atoms with E-state index in [9.17, 15) is 4.79 Å². The summed E-state index contributed by atoms with van der Waals surface area (Å²) in [5.74, 6) is 0.849. The van der Waals surface area contributed by atoms with E-state index in [1.807, 2.05) is 42.6 Å². The smallest absolute Gasteiger partial charge is 0.257 e. The molecule has 0 radical (unpaired) electrons. The SMILES string of the molecule is COc1cccc(NC(=O)c2cc(-c3c[nH]c4cnc(N)cc34)cc3cn[nH]c23)c1. The highest BCUT2D eigenvalue weighted by atomic mass is 16.5. The topological polar surface area (TPSA) is 122 Å². The van der Waals surface area contributed by atoms with Crippen molar-refractivity contribution in [1.82, 2.24) is 20.2 Å². The molecule has 3 heterocycles. The molecule has 5 N–H and O–H groups in total. The van der Waals surface area contributed by atoms with Gasteiger partial charge in [-0.05, 0) is 35.9 Å². The maximum absolute atomic E-state index is 13.1. The van der Waals surface area contributed by atoms with Crippen LogP contribution in [0.5, 0.6) is 5.75 Å². The number of rotatable bonds is 4. The lowest BCUT2D eigenvalue weighted by Gasteiger charge is -2.10. The molecule has 0 unspecified atom stereocenters. The zero-order valence-electron chi connectivity index (χ0n) is 16.1. The zero-order chi connectivity index (χ0) is 20.7. The van der Waals surface area contributed by atoms with E-state index in [0.717, 1.165) is 27.4 Å². The molecule has 2 aromatic carbocycles. The van der Waals surface area contributed by atoms with Crippen LogP contribution >= 0.6 is 0 Å². The summed E-state index contributed by atoms with van der Waals surface area (Å²) in [6.45, 7) is 0. The summed E-state index contributed by atoms with van der Waals surface area (Å²) in [6.07, 6.45) is 5.28. The van der Waals surface area contributed by atoms with Gasteiger partial charge >= 0.3 is 0 Å². The number of H-pyrrole nitrogens is 2. The molecule has 0 bridgehead atoms. The second-order valence-electron chi connectivity index (χ2n) is 6.90. The largest absolute Gasteiger partial charge is 0.497 e. The standard InChI is InChI=1S/C22H18N6O2/c1-30-15-4-2-3-14(7-15)27-22(29)17-6-12(5-13-9-26-28-21(13)17)18-10-24-19-11-25-20(23)8-16(18)19/h2-11,24H,1H3,(H2,23,25)(H,26,28)(H,27,29). The van der Waals surface area contributed by atoms with E-state index in [2.05, 4.69) is 25.5 Å². The van der Waals surface area contributed by atoms with Gasteiger partial charge in [-0.15, -0.1) is 0 Å². The fraction of sp³-hybridized carbons (Fsp3) is 0.0455. The third-order valence-corrected chi connectivity index (χ3v) is 5.02. The van der Waals surface area contributed by atoms with E-state index >= 15 is 0 Å². The third kappa shape index (κ3) is 3.00. The summed E-state index contributed by atoms with van der Waals surface area (Å²) in [5.41, 5.74) is 10.3. The fourth-order valence-corrected chi connectivity index (χ4v) is 3.57. The van der Waals surface area contributed by atoms with Crippen molar-refractivity contribution in [3.05, 3.63) is 66.6 Å². The molecule has 1 amide bonds. The molecule has 5 aromatic rings. The number of anilines is 2. The van der Waals surface area contributed by atoms with Crippen LogP contribution in [0.1, 0.15) is 10.4 Å². The monoisotopic (exact) mass is 398 g/mol. The molecule has 148 valence electrons. The first-order chi connectivity index (χ1) is 14.6. The van der Waals surface area contributed by atoms with E-state index in [-0.39, 0.29) is 5.91 Å². The number of aromatic amines is 2. The van der Waals surface area contributed by atoms with Crippen molar-refractivity contribution >= 4 is 39.2 Å². The van der Waals surface area contributed by atoms with Crippen molar-refractivity contribution in [2.45, 2.75) is 0 Å². The van der Waals surface area contributed by atoms with Crippen molar-refractivity contribution in [3.63, 3.8) is 0 Å². The number of methoxy groups -OCH3 is 1. The number of carbonyl (C=O) groups excluding carboxylic acids is 1. The summed E-state index contributed by atoms with van der Waals surface area (Å²) in [7, 11) is 1.59. The molecule has 0 spiro atoms. The van der Waals surface area contributed by atoms with Gasteiger partial charge in [-0.3, -0.25) is 9.89 Å². The first-order valence-corrected chi connectivity index (χ1v) is 9.28. The Labute approximate surface area is 171 Å². The number of nitrogens with two attached hydrogens (primary N) is 1. The average Bonchev–Trinajstić information content (AvgIpc) is 3.39. The Morgan fingerprint density at radius 3 is 2.93 bits per heavy atom. The van der Waals surface area contributed by atoms with Gasteiger partial charge in [-0.25, -0.2) is 4.98 Å². The molecule has 0 fully saturated rings. The van der Waals surface area contributed by atoms with Gasteiger partial charge in [0.05, 0.1) is 36.1 Å². The molecule has 3 aromatic heterocycles. The number of carbonyl (C=O) groups is 1. The molecule has 8 nitrogen and oxygen atoms in total. The number of nitrogens with one attached hydrogen (secondary N) is 3. The summed E-state index contributed by atoms with van der Waals surface area (Å²) in [6, 6.07) is 12.9. The van der Waals surface area contributed by atoms with Crippen molar-refractivity contribution in [2.75, 3.05) is 18.2 Å². The van der Waals surface area contributed by atoms with Gasteiger partial charge in [-0.2, -0.15) is 5.10 Å². The minimum absolute atomic E-state index is 0.250. The van der Waals surface area contributed by atoms with Crippen LogP contribution in [0, 0.1) is 0 Å². The molecule has 0 atom stereocenters. The summed E-state index contributed by atoms with van der Waals surface area (Å²) in [5, 5.41) is 11.7. The molecule has 0 saturated carbocycles. The van der Waals surface area contributed by atoms with E-state index < -0.39 is 0 Å². The number of pyridine rings is 1. The van der Waals surface area contributed by atoms with Gasteiger partial charge in [0.15, 0.2) is 0 Å². The van der Waals surface area contributed by atoms with Crippen LogP contribution < -0.4 is 15.8 Å². The quantitative estimate of drug-likeness (QED) is 0.365. The molecule has 0 saturated heterocycles. The van der Waals surface area contributed by atoms with E-state index in [0.29, 0.717) is 28.3 Å². The molecule has 30 heavy (non-hydrogen) atoms. The number of amides is 1. The molecule has 5 rings (SSSR count). The second kappa shape index (κ2) is 6.93. The van der Waals surface area contributed by atoms with Crippen molar-refractivity contribution in [1.29, 1.82) is 0 Å². The highest BCUT2D eigenvalue weighted by Gasteiger charge is 2.17. The van der Waals surface area contributed by atoms with Crippen LogP contribution in [-0.4, -0.2) is 33.2 Å². The van der Waals surface area contributed by atoms with E-state index in [1.165, 1.54) is 0 Å². The van der Waals surface area contributed by atoms with Crippen LogP contribution in [0.15, 0.2) is 61.1 Å². The van der Waals surface area contributed by atoms with Gasteiger partial charge in [0.25, 0.3) is 5.91 Å². The van der Waals surface area contributed by atoms with Gasteiger partial charge in [0.1, 0.15) is 11.6 Å². The number of nitrogen functional groups attached to an aromatic ring is 1. The van der Waals surface area contributed by atoms with Gasteiger partial charge in [0.2, 0.25) is 0 Å². The zero-order valence-corrected chi connectivity index (χ0v) is 16.1. The van der Waals surface area contributed by atoms with Crippen LogP contribution in [0.2, 0.25) is 0 Å². The Hall–Kier alpha value is -4.33. The molecule has 8 heteroatoms. The lowest BCUT2D eigenvalue weighted by molar-refractivity contribution is 0.102. The van der Waals surface area contributed by atoms with Crippen molar-refractivity contribution < 1.29 is 9.53 Å². The second-order valence-corrected chi connectivity index (χ2v) is 6.90. The highest BCUT2D eigenvalue weighted by molar-refractivity contribution is 6.13. The molecule has 0 aliphatic carbocycles. The van der Waals surface area contributed by atoms with Crippen LogP contribution in [-0.2, 0) is 0 Å². The van der Waals surface area contributed by atoms with Crippen LogP contribution in [0.3, 0.4) is 0 Å². The Morgan fingerprint density at radius 1 is 1.17 bits per heavy atom. The Kier molecular flexibility index (Phi) is 4.10. The van der Waals surface area contributed by atoms with Crippen molar-refractivity contribution in [2.24, 2.45) is 0 Å². The number of fused-ring (bicyclic) bond motifs is 2. The Balaban J connectivity index is 1.61. The predicted molar refractivity (Wildman–Crippen MR) is 117 cm³/mol. The highest BCUT2D eigenvalue weighted by Crippen LogP contribution is 2.33. The summed E-state index contributed by atoms with van der Waals surface area (Å²) < 4.78 is 5.23. The fourth-order valence-electron chi connectivity index (χ4n) is 3.57. The van der Waals surface area contributed by atoms with E-state index in [4.69, 9.17) is 10.5 Å². The lowest BCUT2D eigenvalue weighted by atomic mass is 10.00. The normalized spacial score (nSPS) is 11.1. The predicted octanol–water partition coefficient (Wildman–Crippen LogP) is 3.95. The van der Waals surface area contributed by atoms with Crippen LogP contribution in [0.25, 0.3) is 32.9 Å². The van der Waals surface area contributed by atoms with Gasteiger partial charge < -0.3 is 20.8 Å². The van der Waals surface area contributed by atoms with Crippen molar-refractivity contribution in [3.8, 4) is 16.9 Å². The minimum atomic E-state index is -0.250. The number of benzene rings is 2. The van der Waals surface area contributed by atoms with Gasteiger partial charge in [-0.1, -0.05) is 6.07 Å². The maximum atomic E-state index is 13.1. The molecular formula is C22H18N6O2. The van der Waals surface area contributed by atoms with E-state index in [1.54, 1.807) is 25.6 Å². The average molecular weight is 398 g/mol. The molecule has 0 aliphatic heterocycles. The number of aromatic nitrogens is 4. The number of nitrogens with zero attached hydrogens (tertiary/aromatic N) is 2. The minimum Gasteiger partial charge on any atom is -0.497 e. The number of ether oxygens (including phenoxy) is 1. The maximum Gasteiger partial charge on any atom is 0.257 e. The first kappa shape index (κ1) is 17.7. The summed E-state index contributed by atoms with van der Waals surface area (Å²) >= 11 is 0. The van der Waals surface area contributed by atoms with Crippen LogP contribution in [0.4, 0.5) is 11.5 Å². The third-order valence-electron chi connectivity index (χ3n) is 5.02. The van der Waals surface area contributed by atoms with Gasteiger partial charge in [0, 0.05) is 34.3 Å². The Bertz CT molecular complexity index is 1400. The molecular weight excluding hydrogens is 380 g/mol.